The summed E-state index contributed by atoms with van der Waals surface area (Å²) in [6.45, 7) is 4.31. The lowest BCUT2D eigenvalue weighted by Gasteiger charge is -2.13. The second-order valence-electron chi connectivity index (χ2n) is 4.25. The van der Waals surface area contributed by atoms with Gasteiger partial charge in [-0.2, -0.15) is 0 Å². The van der Waals surface area contributed by atoms with Crippen molar-refractivity contribution in [1.82, 2.24) is 0 Å². The molecule has 1 nitrogen and oxygen atoms in total. The van der Waals surface area contributed by atoms with E-state index in [9.17, 15) is 4.39 Å². The van der Waals surface area contributed by atoms with Gasteiger partial charge in [0, 0.05) is 6.04 Å². The van der Waals surface area contributed by atoms with E-state index >= 15 is 0 Å². The number of hydrogen-bond donors (Lipinski definition) is 1. The van der Waals surface area contributed by atoms with Crippen molar-refractivity contribution in [3.8, 4) is 0 Å². The van der Waals surface area contributed by atoms with Gasteiger partial charge >= 0.3 is 0 Å². The maximum atomic E-state index is 12.9. The Morgan fingerprint density at radius 2 is 1.94 bits per heavy atom. The van der Waals surface area contributed by atoms with Gasteiger partial charge in [0.2, 0.25) is 0 Å². The lowest BCUT2D eigenvalue weighted by molar-refractivity contribution is 0.506. The monoisotopic (exact) mass is 265 g/mol. The second kappa shape index (κ2) is 7.10. The lowest BCUT2D eigenvalue weighted by atomic mass is 9.98. The molecule has 1 atom stereocenters. The largest absolute Gasteiger partial charge is 0.324 e. The third-order valence-corrected chi connectivity index (χ3v) is 2.72. The molecule has 92 valence electrons. The normalized spacial score (nSPS) is 12.4. The van der Waals surface area contributed by atoms with Crippen molar-refractivity contribution in [2.24, 2.45) is 11.7 Å². The van der Waals surface area contributed by atoms with Crippen molar-refractivity contribution in [3.63, 3.8) is 0 Å². The first-order chi connectivity index (χ1) is 7.00. The molecule has 1 rings (SSSR count). The first kappa shape index (κ1) is 15.7. The molecule has 1 aromatic carbocycles. The minimum absolute atomic E-state index is 0. The topological polar surface area (TPSA) is 26.0 Å². The minimum Gasteiger partial charge on any atom is -0.324 e. The van der Waals surface area contributed by atoms with Crippen molar-refractivity contribution in [2.75, 3.05) is 0 Å². The van der Waals surface area contributed by atoms with E-state index in [1.165, 1.54) is 6.07 Å². The zero-order valence-corrected chi connectivity index (χ0v) is 11.1. The van der Waals surface area contributed by atoms with Gasteiger partial charge in [0.25, 0.3) is 0 Å². The summed E-state index contributed by atoms with van der Waals surface area (Å²) < 4.78 is 12.9. The molecule has 0 aliphatic carbocycles. The average Bonchev–Trinajstić information content (AvgIpc) is 2.18. The smallest absolute Gasteiger partial charge is 0.141 e. The minimum atomic E-state index is -0.392. The number of benzene rings is 1. The van der Waals surface area contributed by atoms with Gasteiger partial charge in [0.15, 0.2) is 0 Å². The number of hydrogen-bond acceptors (Lipinski definition) is 1. The van der Waals surface area contributed by atoms with Gasteiger partial charge in [-0.3, -0.25) is 0 Å². The summed E-state index contributed by atoms with van der Waals surface area (Å²) in [7, 11) is 0. The molecule has 0 unspecified atom stereocenters. The van der Waals surface area contributed by atoms with Gasteiger partial charge in [0.1, 0.15) is 5.82 Å². The van der Waals surface area contributed by atoms with E-state index in [2.05, 4.69) is 13.8 Å². The van der Waals surface area contributed by atoms with Crippen LogP contribution in [0.2, 0.25) is 5.02 Å². The predicted molar refractivity (Wildman–Crippen MR) is 69.7 cm³/mol. The van der Waals surface area contributed by atoms with Crippen LogP contribution in [-0.2, 0) is 0 Å². The summed E-state index contributed by atoms with van der Waals surface area (Å²) in [5, 5.41) is 0.146. The van der Waals surface area contributed by atoms with Gasteiger partial charge in [-0.1, -0.05) is 31.5 Å². The average molecular weight is 266 g/mol. The van der Waals surface area contributed by atoms with E-state index in [4.69, 9.17) is 17.3 Å². The standard InChI is InChI=1S/C12H17ClFN.ClH/c1-8(2)3-6-12(15)9-4-5-11(14)10(13)7-9;/h4-5,7-8,12H,3,6,15H2,1-2H3;1H/t12-;/m1./s1. The highest BCUT2D eigenvalue weighted by Gasteiger charge is 2.09. The van der Waals surface area contributed by atoms with Crippen LogP contribution < -0.4 is 5.73 Å². The SMILES string of the molecule is CC(C)CC[C@@H](N)c1ccc(F)c(Cl)c1.Cl. The van der Waals surface area contributed by atoms with E-state index < -0.39 is 5.82 Å². The highest BCUT2D eigenvalue weighted by Crippen LogP contribution is 2.23. The fourth-order valence-electron chi connectivity index (χ4n) is 1.42. The Kier molecular flexibility index (Phi) is 6.96. The second-order valence-corrected chi connectivity index (χ2v) is 4.66. The quantitative estimate of drug-likeness (QED) is 0.862. The molecular weight excluding hydrogens is 248 g/mol. The molecule has 2 N–H and O–H groups in total. The van der Waals surface area contributed by atoms with Crippen LogP contribution in [0.25, 0.3) is 0 Å². The number of nitrogens with two attached hydrogens (primary N) is 1. The highest BCUT2D eigenvalue weighted by atomic mass is 35.5. The van der Waals surface area contributed by atoms with E-state index in [0.29, 0.717) is 5.92 Å². The molecule has 0 heterocycles. The summed E-state index contributed by atoms with van der Waals surface area (Å²) in [5.74, 6) is 0.239. The zero-order valence-electron chi connectivity index (χ0n) is 9.54. The van der Waals surface area contributed by atoms with Gasteiger partial charge in [-0.15, -0.1) is 12.4 Å². The molecular formula is C12H18Cl2FN. The van der Waals surface area contributed by atoms with Crippen molar-refractivity contribution < 1.29 is 4.39 Å². The summed E-state index contributed by atoms with van der Waals surface area (Å²) in [6.07, 6.45) is 1.97. The molecule has 1 aromatic rings. The molecule has 0 bridgehead atoms. The van der Waals surface area contributed by atoms with Gasteiger partial charge in [-0.25, -0.2) is 4.39 Å². The van der Waals surface area contributed by atoms with Gasteiger partial charge < -0.3 is 5.73 Å². The molecule has 4 heteroatoms. The maximum Gasteiger partial charge on any atom is 0.141 e. The Morgan fingerprint density at radius 3 is 2.44 bits per heavy atom. The van der Waals surface area contributed by atoms with Crippen molar-refractivity contribution in [2.45, 2.75) is 32.7 Å². The predicted octanol–water partition coefficient (Wildman–Crippen LogP) is 4.34. The molecule has 0 aliphatic rings. The van der Waals surface area contributed by atoms with Crippen LogP contribution in [0.5, 0.6) is 0 Å². The van der Waals surface area contributed by atoms with Crippen molar-refractivity contribution in [1.29, 1.82) is 0 Å². The Morgan fingerprint density at radius 1 is 1.31 bits per heavy atom. The van der Waals surface area contributed by atoms with Crippen molar-refractivity contribution in [3.05, 3.63) is 34.6 Å². The molecule has 0 fully saturated rings. The molecule has 0 radical (unpaired) electrons. The lowest BCUT2D eigenvalue weighted by Crippen LogP contribution is -2.11. The van der Waals surface area contributed by atoms with Crippen LogP contribution >= 0.6 is 24.0 Å². The fraction of sp³-hybridized carbons (Fsp3) is 0.500. The summed E-state index contributed by atoms with van der Waals surface area (Å²) in [6, 6.07) is 4.63. The third-order valence-electron chi connectivity index (χ3n) is 2.43. The van der Waals surface area contributed by atoms with Crippen LogP contribution in [0.15, 0.2) is 18.2 Å². The zero-order chi connectivity index (χ0) is 11.4. The van der Waals surface area contributed by atoms with Crippen LogP contribution in [-0.4, -0.2) is 0 Å². The molecule has 0 amide bonds. The number of rotatable bonds is 4. The molecule has 0 aliphatic heterocycles. The number of halogens is 3. The first-order valence-corrected chi connectivity index (χ1v) is 5.59. The van der Waals surface area contributed by atoms with Gasteiger partial charge in [-0.05, 0) is 36.5 Å². The van der Waals surface area contributed by atoms with Crippen molar-refractivity contribution >= 4 is 24.0 Å². The van der Waals surface area contributed by atoms with Gasteiger partial charge in [0.05, 0.1) is 5.02 Å². The summed E-state index contributed by atoms with van der Waals surface area (Å²) in [5.41, 5.74) is 6.89. The molecule has 16 heavy (non-hydrogen) atoms. The Labute approximate surface area is 108 Å². The molecule has 0 spiro atoms. The van der Waals surface area contributed by atoms with Crippen LogP contribution in [0.1, 0.15) is 38.3 Å². The highest BCUT2D eigenvalue weighted by molar-refractivity contribution is 6.30. The summed E-state index contributed by atoms with van der Waals surface area (Å²) >= 11 is 5.69. The molecule has 0 saturated heterocycles. The Bertz CT molecular complexity index is 329. The first-order valence-electron chi connectivity index (χ1n) is 5.21. The Balaban J connectivity index is 0.00000225. The van der Waals surface area contributed by atoms with E-state index in [1.807, 2.05) is 0 Å². The fourth-order valence-corrected chi connectivity index (χ4v) is 1.61. The van der Waals surface area contributed by atoms with Crippen LogP contribution in [0.4, 0.5) is 4.39 Å². The molecule has 0 aromatic heterocycles. The van der Waals surface area contributed by atoms with E-state index in [0.717, 1.165) is 18.4 Å². The van der Waals surface area contributed by atoms with E-state index in [1.54, 1.807) is 12.1 Å². The molecule has 0 saturated carbocycles. The Hall–Kier alpha value is -0.310. The summed E-state index contributed by atoms with van der Waals surface area (Å²) in [4.78, 5) is 0. The third kappa shape index (κ3) is 4.69. The van der Waals surface area contributed by atoms with Crippen LogP contribution in [0, 0.1) is 11.7 Å². The van der Waals surface area contributed by atoms with E-state index in [-0.39, 0.29) is 23.5 Å². The maximum absolute atomic E-state index is 12.9. The van der Waals surface area contributed by atoms with Crippen LogP contribution in [0.3, 0.4) is 0 Å².